The quantitative estimate of drug-likeness (QED) is 0.616. The highest BCUT2D eigenvalue weighted by Crippen LogP contribution is 2.20. The molecular formula is C15H35N3. The molecule has 1 unspecified atom stereocenters. The first-order valence-electron chi connectivity index (χ1n) is 7.50. The number of hydrogen-bond donors (Lipinski definition) is 1. The van der Waals surface area contributed by atoms with Crippen molar-refractivity contribution >= 4 is 0 Å². The van der Waals surface area contributed by atoms with Crippen molar-refractivity contribution < 1.29 is 0 Å². The summed E-state index contributed by atoms with van der Waals surface area (Å²) in [4.78, 5) is 4.72. The van der Waals surface area contributed by atoms with E-state index in [4.69, 9.17) is 5.73 Å². The third-order valence-corrected chi connectivity index (χ3v) is 3.74. The van der Waals surface area contributed by atoms with Crippen molar-refractivity contribution in [3.63, 3.8) is 0 Å². The fourth-order valence-electron chi connectivity index (χ4n) is 2.42. The molecule has 2 N–H and O–H groups in total. The molecular weight excluding hydrogens is 222 g/mol. The van der Waals surface area contributed by atoms with Crippen LogP contribution in [0.3, 0.4) is 0 Å². The summed E-state index contributed by atoms with van der Waals surface area (Å²) in [6, 6.07) is 0. The molecule has 0 bridgehead atoms. The van der Waals surface area contributed by atoms with Gasteiger partial charge in [0, 0.05) is 0 Å². The van der Waals surface area contributed by atoms with Crippen molar-refractivity contribution in [2.24, 2.45) is 17.6 Å². The van der Waals surface area contributed by atoms with Gasteiger partial charge < -0.3 is 15.5 Å². The molecule has 110 valence electrons. The minimum Gasteiger partial charge on any atom is -0.330 e. The molecule has 0 spiro atoms. The molecule has 0 saturated carbocycles. The molecule has 0 rings (SSSR count). The second kappa shape index (κ2) is 10.8. The summed E-state index contributed by atoms with van der Waals surface area (Å²) in [5.74, 6) is 1.58. The fraction of sp³-hybridized carbons (Fsp3) is 1.00. The highest BCUT2D eigenvalue weighted by Gasteiger charge is 2.12. The third-order valence-electron chi connectivity index (χ3n) is 3.74. The van der Waals surface area contributed by atoms with E-state index in [1.807, 2.05) is 0 Å². The Labute approximate surface area is 115 Å². The van der Waals surface area contributed by atoms with Crippen LogP contribution in [0.15, 0.2) is 0 Å². The zero-order chi connectivity index (χ0) is 14.0. The van der Waals surface area contributed by atoms with Gasteiger partial charge in [-0.25, -0.2) is 0 Å². The minimum atomic E-state index is 0.771. The van der Waals surface area contributed by atoms with E-state index in [1.54, 1.807) is 0 Å². The summed E-state index contributed by atoms with van der Waals surface area (Å²) in [6.07, 6.45) is 5.08. The Hall–Kier alpha value is -0.120. The topological polar surface area (TPSA) is 32.5 Å². The van der Waals surface area contributed by atoms with Gasteiger partial charge in [0.05, 0.1) is 0 Å². The Balaban J connectivity index is 3.61. The van der Waals surface area contributed by atoms with Crippen LogP contribution in [0, 0.1) is 11.8 Å². The van der Waals surface area contributed by atoms with Gasteiger partial charge in [0.25, 0.3) is 0 Å². The van der Waals surface area contributed by atoms with Crippen molar-refractivity contribution in [2.75, 3.05) is 47.3 Å². The van der Waals surface area contributed by atoms with E-state index in [9.17, 15) is 0 Å². The Morgan fingerprint density at radius 3 is 2.00 bits per heavy atom. The Morgan fingerprint density at radius 2 is 1.50 bits per heavy atom. The number of rotatable bonds is 11. The molecule has 0 aliphatic carbocycles. The summed E-state index contributed by atoms with van der Waals surface area (Å²) in [5.41, 5.74) is 5.68. The summed E-state index contributed by atoms with van der Waals surface area (Å²) in [7, 11) is 6.52. The van der Waals surface area contributed by atoms with Crippen LogP contribution in [-0.4, -0.2) is 57.1 Å². The van der Waals surface area contributed by atoms with E-state index < -0.39 is 0 Å². The van der Waals surface area contributed by atoms with E-state index >= 15 is 0 Å². The van der Waals surface area contributed by atoms with Gasteiger partial charge in [-0.2, -0.15) is 0 Å². The molecule has 0 radical (unpaired) electrons. The molecule has 0 aliphatic rings. The van der Waals surface area contributed by atoms with Crippen LogP contribution < -0.4 is 5.73 Å². The lowest BCUT2D eigenvalue weighted by Crippen LogP contribution is -2.25. The smallest absolute Gasteiger partial charge is 0.000960 e. The molecule has 0 aromatic rings. The van der Waals surface area contributed by atoms with Crippen molar-refractivity contribution in [2.45, 2.75) is 39.5 Å². The maximum atomic E-state index is 5.68. The van der Waals surface area contributed by atoms with Crippen LogP contribution in [0.25, 0.3) is 0 Å². The van der Waals surface area contributed by atoms with E-state index in [0.717, 1.165) is 18.4 Å². The first-order chi connectivity index (χ1) is 8.47. The molecule has 0 aromatic heterocycles. The fourth-order valence-corrected chi connectivity index (χ4v) is 2.42. The average molecular weight is 257 g/mol. The SMILES string of the molecule is CC(C)C(CCN)CCCN(C)CCCN(C)C. The highest BCUT2D eigenvalue weighted by atomic mass is 15.1. The zero-order valence-electron chi connectivity index (χ0n) is 13.3. The Morgan fingerprint density at radius 1 is 0.889 bits per heavy atom. The maximum absolute atomic E-state index is 5.68. The predicted octanol–water partition coefficient (Wildman–Crippen LogP) is 2.27. The summed E-state index contributed by atoms with van der Waals surface area (Å²) in [6.45, 7) is 9.10. The van der Waals surface area contributed by atoms with E-state index in [2.05, 4.69) is 44.8 Å². The molecule has 3 heteroatoms. The molecule has 3 nitrogen and oxygen atoms in total. The van der Waals surface area contributed by atoms with Gasteiger partial charge >= 0.3 is 0 Å². The average Bonchev–Trinajstić information content (AvgIpc) is 2.27. The van der Waals surface area contributed by atoms with E-state index in [1.165, 1.54) is 45.3 Å². The van der Waals surface area contributed by atoms with Crippen LogP contribution in [-0.2, 0) is 0 Å². The monoisotopic (exact) mass is 257 g/mol. The molecule has 0 aromatic carbocycles. The van der Waals surface area contributed by atoms with Crippen LogP contribution in [0.1, 0.15) is 39.5 Å². The van der Waals surface area contributed by atoms with Gasteiger partial charge in [-0.3, -0.25) is 0 Å². The maximum Gasteiger partial charge on any atom is -0.000960 e. The van der Waals surface area contributed by atoms with Crippen molar-refractivity contribution in [1.29, 1.82) is 0 Å². The summed E-state index contributed by atoms with van der Waals surface area (Å²) in [5, 5.41) is 0. The van der Waals surface area contributed by atoms with Gasteiger partial charge in [-0.05, 0) is 84.8 Å². The Kier molecular flexibility index (Phi) is 10.7. The molecule has 0 heterocycles. The molecule has 0 aliphatic heterocycles. The predicted molar refractivity (Wildman–Crippen MR) is 81.9 cm³/mol. The van der Waals surface area contributed by atoms with Crippen molar-refractivity contribution in [3.05, 3.63) is 0 Å². The standard InChI is InChI=1S/C15H35N3/c1-14(2)15(9-10-16)8-6-12-18(5)13-7-11-17(3)4/h14-15H,6-13,16H2,1-5H3. The van der Waals surface area contributed by atoms with Crippen molar-refractivity contribution in [1.82, 2.24) is 9.80 Å². The number of nitrogens with zero attached hydrogens (tertiary/aromatic N) is 2. The van der Waals surface area contributed by atoms with Gasteiger partial charge in [-0.1, -0.05) is 13.8 Å². The molecule has 0 saturated heterocycles. The van der Waals surface area contributed by atoms with E-state index in [-0.39, 0.29) is 0 Å². The van der Waals surface area contributed by atoms with Crippen LogP contribution in [0.4, 0.5) is 0 Å². The largest absolute Gasteiger partial charge is 0.330 e. The van der Waals surface area contributed by atoms with Crippen molar-refractivity contribution in [3.8, 4) is 0 Å². The number of nitrogens with two attached hydrogens (primary N) is 1. The van der Waals surface area contributed by atoms with Gasteiger partial charge in [0.1, 0.15) is 0 Å². The summed E-state index contributed by atoms with van der Waals surface area (Å²) >= 11 is 0. The lowest BCUT2D eigenvalue weighted by molar-refractivity contribution is 0.269. The lowest BCUT2D eigenvalue weighted by atomic mass is 9.88. The first-order valence-corrected chi connectivity index (χ1v) is 7.50. The van der Waals surface area contributed by atoms with Crippen LogP contribution >= 0.6 is 0 Å². The second-order valence-corrected chi connectivity index (χ2v) is 6.18. The zero-order valence-corrected chi connectivity index (χ0v) is 13.3. The molecule has 0 fully saturated rings. The van der Waals surface area contributed by atoms with Gasteiger partial charge in [0.2, 0.25) is 0 Å². The molecule has 18 heavy (non-hydrogen) atoms. The molecule has 1 atom stereocenters. The minimum absolute atomic E-state index is 0.771. The van der Waals surface area contributed by atoms with Crippen LogP contribution in [0.5, 0.6) is 0 Å². The van der Waals surface area contributed by atoms with Gasteiger partial charge in [0.15, 0.2) is 0 Å². The number of hydrogen-bond acceptors (Lipinski definition) is 3. The molecule has 0 amide bonds. The first kappa shape index (κ1) is 17.9. The van der Waals surface area contributed by atoms with Crippen LogP contribution in [0.2, 0.25) is 0 Å². The lowest BCUT2D eigenvalue weighted by Gasteiger charge is -2.22. The Bertz CT molecular complexity index is 181. The normalized spacial score (nSPS) is 13.8. The van der Waals surface area contributed by atoms with Gasteiger partial charge in [-0.15, -0.1) is 0 Å². The third kappa shape index (κ3) is 9.86. The van der Waals surface area contributed by atoms with E-state index in [0.29, 0.717) is 0 Å². The summed E-state index contributed by atoms with van der Waals surface area (Å²) < 4.78 is 0. The second-order valence-electron chi connectivity index (χ2n) is 6.18. The highest BCUT2D eigenvalue weighted by molar-refractivity contribution is 4.65.